The Morgan fingerprint density at radius 3 is 3.04 bits per heavy atom. The molecule has 0 unspecified atom stereocenters. The number of aromatic nitrogens is 4. The van der Waals surface area contributed by atoms with Crippen LogP contribution in [0.1, 0.15) is 35.4 Å². The lowest BCUT2D eigenvalue weighted by atomic mass is 10.2. The molecule has 0 saturated carbocycles. The van der Waals surface area contributed by atoms with Gasteiger partial charge in [0.15, 0.2) is 0 Å². The van der Waals surface area contributed by atoms with Crippen LogP contribution in [0.4, 0.5) is 0 Å². The lowest BCUT2D eigenvalue weighted by molar-refractivity contribution is 0.0775. The highest BCUT2D eigenvalue weighted by molar-refractivity contribution is 7.17. The van der Waals surface area contributed by atoms with Crippen molar-refractivity contribution in [1.82, 2.24) is 25.1 Å². The average molecular weight is 331 g/mol. The quantitative estimate of drug-likeness (QED) is 0.747. The Kier molecular flexibility index (Phi) is 4.24. The minimum Gasteiger partial charge on any atom is -0.333 e. The molecule has 120 valence electrons. The van der Waals surface area contributed by atoms with Crippen LogP contribution in [-0.2, 0) is 13.0 Å². The van der Waals surface area contributed by atoms with E-state index in [0.29, 0.717) is 21.7 Å². The Balaban J connectivity index is 1.77. The summed E-state index contributed by atoms with van der Waals surface area (Å²) in [6.45, 7) is 2.28. The summed E-state index contributed by atoms with van der Waals surface area (Å²) >= 11 is 1.35. The van der Waals surface area contributed by atoms with Gasteiger partial charge in [0, 0.05) is 12.7 Å². The highest BCUT2D eigenvalue weighted by Crippen LogP contribution is 2.14. The summed E-state index contributed by atoms with van der Waals surface area (Å²) in [6.07, 6.45) is 1.84. The number of carbonyl (C=O) groups excluding carboxylic acids is 1. The highest BCUT2D eigenvalue weighted by Gasteiger charge is 2.17. The van der Waals surface area contributed by atoms with E-state index >= 15 is 0 Å². The van der Waals surface area contributed by atoms with Crippen LogP contribution in [0, 0.1) is 0 Å². The molecule has 0 aliphatic rings. The number of H-pyrrole nitrogens is 2. The predicted molar refractivity (Wildman–Crippen MR) is 88.6 cm³/mol. The first-order valence-corrected chi connectivity index (χ1v) is 8.22. The number of nitrogens with one attached hydrogen (secondary N) is 2. The molecule has 0 bridgehead atoms. The van der Waals surface area contributed by atoms with E-state index in [9.17, 15) is 9.59 Å². The van der Waals surface area contributed by atoms with Crippen molar-refractivity contribution in [2.75, 3.05) is 7.05 Å². The molecule has 0 saturated heterocycles. The molecular formula is C15H17N5O2S. The van der Waals surface area contributed by atoms with Crippen LogP contribution in [-0.4, -0.2) is 38.0 Å². The molecule has 23 heavy (non-hydrogen) atoms. The van der Waals surface area contributed by atoms with E-state index in [1.54, 1.807) is 19.2 Å². The highest BCUT2D eigenvalue weighted by atomic mass is 32.1. The standard InChI is InChI=1S/C15H17N5O2S/c1-3-4-9-7-11(19-18-9)15(22)20(2)8-12-16-10-5-6-23-13(10)14(21)17-12/h5-7H,3-4,8H2,1-2H3,(H,18,19)(H,16,17,21). The fourth-order valence-electron chi connectivity index (χ4n) is 2.36. The monoisotopic (exact) mass is 331 g/mol. The molecule has 3 rings (SSSR count). The minimum absolute atomic E-state index is 0.175. The maximum atomic E-state index is 12.4. The molecule has 0 aliphatic carbocycles. The summed E-state index contributed by atoms with van der Waals surface area (Å²) in [5.74, 6) is 0.248. The summed E-state index contributed by atoms with van der Waals surface area (Å²) in [4.78, 5) is 32.9. The van der Waals surface area contributed by atoms with Crippen molar-refractivity contribution in [3.8, 4) is 0 Å². The van der Waals surface area contributed by atoms with Gasteiger partial charge in [-0.25, -0.2) is 4.98 Å². The van der Waals surface area contributed by atoms with Crippen molar-refractivity contribution < 1.29 is 4.79 Å². The Morgan fingerprint density at radius 1 is 1.43 bits per heavy atom. The Morgan fingerprint density at radius 2 is 2.26 bits per heavy atom. The van der Waals surface area contributed by atoms with Gasteiger partial charge in [-0.15, -0.1) is 11.3 Å². The van der Waals surface area contributed by atoms with Gasteiger partial charge in [-0.2, -0.15) is 5.10 Å². The average Bonchev–Trinajstić information content (AvgIpc) is 3.16. The number of hydrogen-bond donors (Lipinski definition) is 2. The lowest BCUT2D eigenvalue weighted by Crippen LogP contribution is -2.28. The topological polar surface area (TPSA) is 94.7 Å². The first-order chi connectivity index (χ1) is 11.1. The van der Waals surface area contributed by atoms with Crippen LogP contribution in [0.25, 0.3) is 10.2 Å². The first kappa shape index (κ1) is 15.4. The summed E-state index contributed by atoms with van der Waals surface area (Å²) in [5, 5.41) is 8.74. The van der Waals surface area contributed by atoms with Crippen LogP contribution < -0.4 is 5.56 Å². The normalized spacial score (nSPS) is 11.0. The first-order valence-electron chi connectivity index (χ1n) is 7.34. The largest absolute Gasteiger partial charge is 0.333 e. The van der Waals surface area contributed by atoms with Crippen LogP contribution in [0.2, 0.25) is 0 Å². The van der Waals surface area contributed by atoms with Crippen molar-refractivity contribution in [1.29, 1.82) is 0 Å². The molecule has 8 heteroatoms. The van der Waals surface area contributed by atoms with Crippen LogP contribution in [0.15, 0.2) is 22.3 Å². The Labute approximate surface area is 136 Å². The Hall–Kier alpha value is -2.48. The minimum atomic E-state index is -0.211. The number of amides is 1. The second kappa shape index (κ2) is 6.33. The second-order valence-corrected chi connectivity index (χ2v) is 6.25. The van der Waals surface area contributed by atoms with Gasteiger partial charge >= 0.3 is 0 Å². The van der Waals surface area contributed by atoms with Crippen molar-refractivity contribution in [2.24, 2.45) is 0 Å². The fraction of sp³-hybridized carbons (Fsp3) is 0.333. The molecule has 7 nitrogen and oxygen atoms in total. The molecule has 3 aromatic rings. The van der Waals surface area contributed by atoms with E-state index in [1.807, 2.05) is 5.38 Å². The zero-order chi connectivity index (χ0) is 16.4. The molecule has 0 atom stereocenters. The van der Waals surface area contributed by atoms with Gasteiger partial charge in [-0.05, 0) is 23.9 Å². The van der Waals surface area contributed by atoms with Gasteiger partial charge in [-0.1, -0.05) is 13.3 Å². The van der Waals surface area contributed by atoms with E-state index < -0.39 is 0 Å². The SMILES string of the molecule is CCCc1cc(C(=O)N(C)Cc2nc3ccsc3c(=O)[nH]2)n[nH]1. The van der Waals surface area contributed by atoms with Crippen LogP contribution in [0.3, 0.4) is 0 Å². The van der Waals surface area contributed by atoms with E-state index in [2.05, 4.69) is 27.1 Å². The fourth-order valence-corrected chi connectivity index (χ4v) is 3.08. The van der Waals surface area contributed by atoms with Gasteiger partial charge in [0.05, 0.1) is 12.1 Å². The molecule has 0 radical (unpaired) electrons. The number of nitrogens with zero attached hydrogens (tertiary/aromatic N) is 3. The predicted octanol–water partition coefficient (Wildman–Crippen LogP) is 1.93. The zero-order valence-corrected chi connectivity index (χ0v) is 13.7. The van der Waals surface area contributed by atoms with E-state index in [-0.39, 0.29) is 18.0 Å². The van der Waals surface area contributed by atoms with Crippen molar-refractivity contribution in [3.05, 3.63) is 45.1 Å². The van der Waals surface area contributed by atoms with Crippen LogP contribution in [0.5, 0.6) is 0 Å². The zero-order valence-electron chi connectivity index (χ0n) is 12.9. The third kappa shape index (κ3) is 3.16. The number of aryl methyl sites for hydroxylation is 1. The molecule has 0 aromatic carbocycles. The van der Waals surface area contributed by atoms with Gasteiger partial charge < -0.3 is 9.88 Å². The number of rotatable bonds is 5. The second-order valence-electron chi connectivity index (χ2n) is 5.34. The third-order valence-electron chi connectivity index (χ3n) is 3.47. The molecule has 0 fully saturated rings. The number of carbonyl (C=O) groups is 1. The van der Waals surface area contributed by atoms with Crippen molar-refractivity contribution >= 4 is 27.5 Å². The maximum Gasteiger partial charge on any atom is 0.274 e. The van der Waals surface area contributed by atoms with E-state index in [1.165, 1.54) is 16.2 Å². The van der Waals surface area contributed by atoms with E-state index in [0.717, 1.165) is 18.5 Å². The number of aromatic amines is 2. The van der Waals surface area contributed by atoms with Crippen LogP contribution >= 0.6 is 11.3 Å². The third-order valence-corrected chi connectivity index (χ3v) is 4.37. The molecule has 0 aliphatic heterocycles. The summed E-state index contributed by atoms with van der Waals surface area (Å²) in [5.41, 5.74) is 1.79. The van der Waals surface area contributed by atoms with Gasteiger partial charge in [0.1, 0.15) is 16.2 Å². The maximum absolute atomic E-state index is 12.4. The summed E-state index contributed by atoms with van der Waals surface area (Å²) in [7, 11) is 1.66. The van der Waals surface area contributed by atoms with Crippen molar-refractivity contribution in [3.63, 3.8) is 0 Å². The number of fused-ring (bicyclic) bond motifs is 1. The summed E-state index contributed by atoms with van der Waals surface area (Å²) < 4.78 is 0.597. The smallest absolute Gasteiger partial charge is 0.274 e. The van der Waals surface area contributed by atoms with E-state index in [4.69, 9.17) is 0 Å². The molecule has 0 spiro atoms. The molecule has 3 heterocycles. The molecular weight excluding hydrogens is 314 g/mol. The Bertz CT molecular complexity index is 895. The molecule has 1 amide bonds. The van der Waals surface area contributed by atoms with Crippen molar-refractivity contribution in [2.45, 2.75) is 26.3 Å². The number of thiophene rings is 1. The summed E-state index contributed by atoms with van der Waals surface area (Å²) in [6, 6.07) is 3.56. The molecule has 2 N–H and O–H groups in total. The number of hydrogen-bond acceptors (Lipinski definition) is 5. The molecule has 3 aromatic heterocycles. The van der Waals surface area contributed by atoms with Gasteiger partial charge in [-0.3, -0.25) is 14.7 Å². The lowest BCUT2D eigenvalue weighted by Gasteiger charge is -2.14. The van der Waals surface area contributed by atoms with Gasteiger partial charge in [0.25, 0.3) is 11.5 Å². The van der Waals surface area contributed by atoms with Gasteiger partial charge in [0.2, 0.25) is 0 Å².